The monoisotopic (exact) mass is 323 g/mol. The normalized spacial score (nSPS) is 12.5. The molecule has 0 spiro atoms. The van der Waals surface area contributed by atoms with Gasteiger partial charge in [0.2, 0.25) is 0 Å². The number of allylic oxidation sites excluding steroid dienone is 1. The summed E-state index contributed by atoms with van der Waals surface area (Å²) in [6, 6.07) is 20.6. The maximum absolute atomic E-state index is 12.0. The molecule has 24 heavy (non-hydrogen) atoms. The molecule has 0 amide bonds. The highest BCUT2D eigenvalue weighted by Crippen LogP contribution is 2.14. The number of ether oxygens (including phenoxy) is 1. The zero-order valence-corrected chi connectivity index (χ0v) is 14.4. The smallest absolute Gasteiger partial charge is 0.313 e. The minimum absolute atomic E-state index is 0.195. The molecule has 0 aliphatic rings. The Hall–Kier alpha value is -2.39. The summed E-state index contributed by atoms with van der Waals surface area (Å²) < 4.78 is 4.95. The Morgan fingerprint density at radius 2 is 1.50 bits per heavy atom. The van der Waals surface area contributed by atoms with E-state index in [1.807, 2.05) is 55.5 Å². The average molecular weight is 323 g/mol. The Balaban J connectivity index is 2.16. The second-order valence-corrected chi connectivity index (χ2v) is 5.80. The van der Waals surface area contributed by atoms with Crippen LogP contribution in [0.2, 0.25) is 0 Å². The van der Waals surface area contributed by atoms with Crippen LogP contribution in [0.1, 0.15) is 18.1 Å². The molecule has 0 fully saturated rings. The molecule has 126 valence electrons. The topological polar surface area (TPSA) is 29.5 Å². The highest BCUT2D eigenvalue weighted by molar-refractivity contribution is 5.74. The molecule has 0 aliphatic heterocycles. The number of rotatable bonds is 8. The van der Waals surface area contributed by atoms with Crippen molar-refractivity contribution in [2.75, 3.05) is 13.7 Å². The lowest BCUT2D eigenvalue weighted by molar-refractivity contribution is -0.144. The van der Waals surface area contributed by atoms with Gasteiger partial charge in [-0.2, -0.15) is 0 Å². The molecule has 0 saturated heterocycles. The SMILES string of the molecule is C/C=C/[C@@H](CN(Cc1ccccc1)Cc1ccccc1)C(=O)OC. The minimum Gasteiger partial charge on any atom is -0.469 e. The first-order chi connectivity index (χ1) is 11.7. The van der Waals surface area contributed by atoms with E-state index < -0.39 is 0 Å². The molecular formula is C21H25NO2. The Bertz CT molecular complexity index is 596. The molecule has 3 heteroatoms. The number of esters is 1. The molecule has 2 aromatic rings. The summed E-state index contributed by atoms with van der Waals surface area (Å²) in [6.45, 7) is 4.14. The largest absolute Gasteiger partial charge is 0.469 e. The summed E-state index contributed by atoms with van der Waals surface area (Å²) in [7, 11) is 1.44. The van der Waals surface area contributed by atoms with Gasteiger partial charge < -0.3 is 4.74 Å². The number of carbonyl (C=O) groups is 1. The van der Waals surface area contributed by atoms with Gasteiger partial charge in [-0.25, -0.2) is 0 Å². The number of nitrogens with zero attached hydrogens (tertiary/aromatic N) is 1. The van der Waals surface area contributed by atoms with Crippen molar-refractivity contribution in [1.82, 2.24) is 4.90 Å². The van der Waals surface area contributed by atoms with Gasteiger partial charge in [0.05, 0.1) is 13.0 Å². The Kier molecular flexibility index (Phi) is 7.24. The maximum Gasteiger partial charge on any atom is 0.313 e. The summed E-state index contributed by atoms with van der Waals surface area (Å²) in [4.78, 5) is 14.3. The summed E-state index contributed by atoms with van der Waals surface area (Å²) in [5.74, 6) is -0.452. The molecular weight excluding hydrogens is 298 g/mol. The number of carbonyl (C=O) groups excluding carboxylic acids is 1. The third-order valence-electron chi connectivity index (χ3n) is 3.88. The summed E-state index contributed by atoms with van der Waals surface area (Å²) in [5.41, 5.74) is 2.47. The molecule has 0 radical (unpaired) electrons. The molecule has 0 N–H and O–H groups in total. The fourth-order valence-electron chi connectivity index (χ4n) is 2.74. The molecule has 0 bridgehead atoms. The van der Waals surface area contributed by atoms with Gasteiger partial charge >= 0.3 is 5.97 Å². The van der Waals surface area contributed by atoms with Gasteiger partial charge in [0, 0.05) is 19.6 Å². The Morgan fingerprint density at radius 3 is 1.92 bits per heavy atom. The quantitative estimate of drug-likeness (QED) is 0.542. The zero-order chi connectivity index (χ0) is 17.2. The van der Waals surface area contributed by atoms with Gasteiger partial charge in [-0.15, -0.1) is 0 Å². The molecule has 0 aromatic heterocycles. The van der Waals surface area contributed by atoms with Crippen molar-refractivity contribution < 1.29 is 9.53 Å². The van der Waals surface area contributed by atoms with E-state index in [-0.39, 0.29) is 11.9 Å². The van der Waals surface area contributed by atoms with Crippen LogP contribution >= 0.6 is 0 Å². The van der Waals surface area contributed by atoms with Crippen LogP contribution < -0.4 is 0 Å². The van der Waals surface area contributed by atoms with E-state index in [1.54, 1.807) is 0 Å². The number of hydrogen-bond donors (Lipinski definition) is 0. The molecule has 0 saturated carbocycles. The van der Waals surface area contributed by atoms with Gasteiger partial charge in [0.25, 0.3) is 0 Å². The van der Waals surface area contributed by atoms with Crippen LogP contribution in [-0.2, 0) is 22.6 Å². The van der Waals surface area contributed by atoms with Crippen molar-refractivity contribution >= 4 is 5.97 Å². The Morgan fingerprint density at radius 1 is 1.00 bits per heavy atom. The predicted octanol–water partition coefficient (Wildman–Crippen LogP) is 4.05. The summed E-state index contributed by atoms with van der Waals surface area (Å²) in [6.07, 6.45) is 3.82. The van der Waals surface area contributed by atoms with Crippen LogP contribution in [0, 0.1) is 5.92 Å². The van der Waals surface area contributed by atoms with Crippen molar-refractivity contribution in [3.8, 4) is 0 Å². The van der Waals surface area contributed by atoms with E-state index in [0.717, 1.165) is 13.1 Å². The highest BCUT2D eigenvalue weighted by atomic mass is 16.5. The van der Waals surface area contributed by atoms with Crippen molar-refractivity contribution in [1.29, 1.82) is 0 Å². The van der Waals surface area contributed by atoms with Gasteiger partial charge in [0.15, 0.2) is 0 Å². The third-order valence-corrected chi connectivity index (χ3v) is 3.88. The summed E-state index contributed by atoms with van der Waals surface area (Å²) in [5, 5.41) is 0. The van der Waals surface area contributed by atoms with Crippen molar-refractivity contribution in [3.63, 3.8) is 0 Å². The minimum atomic E-state index is -0.257. The zero-order valence-electron chi connectivity index (χ0n) is 14.4. The molecule has 3 nitrogen and oxygen atoms in total. The molecule has 0 unspecified atom stereocenters. The van der Waals surface area contributed by atoms with Crippen molar-refractivity contribution in [2.24, 2.45) is 5.92 Å². The first kappa shape index (κ1) is 18.0. The number of methoxy groups -OCH3 is 1. The van der Waals surface area contributed by atoms with Gasteiger partial charge in [-0.1, -0.05) is 72.8 Å². The van der Waals surface area contributed by atoms with E-state index in [1.165, 1.54) is 18.2 Å². The predicted molar refractivity (Wildman–Crippen MR) is 97.3 cm³/mol. The van der Waals surface area contributed by atoms with Gasteiger partial charge in [-0.05, 0) is 18.1 Å². The lowest BCUT2D eigenvalue weighted by Crippen LogP contribution is -2.32. The summed E-state index contributed by atoms with van der Waals surface area (Å²) >= 11 is 0. The number of hydrogen-bond acceptors (Lipinski definition) is 3. The highest BCUT2D eigenvalue weighted by Gasteiger charge is 2.20. The van der Waals surface area contributed by atoms with Crippen LogP contribution in [-0.4, -0.2) is 24.5 Å². The van der Waals surface area contributed by atoms with Gasteiger partial charge in [0.1, 0.15) is 0 Å². The van der Waals surface area contributed by atoms with E-state index in [2.05, 4.69) is 29.2 Å². The fraction of sp³-hybridized carbons (Fsp3) is 0.286. The lowest BCUT2D eigenvalue weighted by atomic mass is 10.1. The van der Waals surface area contributed by atoms with E-state index in [9.17, 15) is 4.79 Å². The second-order valence-electron chi connectivity index (χ2n) is 5.80. The fourth-order valence-corrected chi connectivity index (χ4v) is 2.74. The average Bonchev–Trinajstić information content (AvgIpc) is 2.62. The van der Waals surface area contributed by atoms with Crippen LogP contribution in [0.5, 0.6) is 0 Å². The van der Waals surface area contributed by atoms with E-state index in [4.69, 9.17) is 4.74 Å². The van der Waals surface area contributed by atoms with E-state index >= 15 is 0 Å². The van der Waals surface area contributed by atoms with Crippen molar-refractivity contribution in [3.05, 3.63) is 83.9 Å². The maximum atomic E-state index is 12.0. The van der Waals surface area contributed by atoms with Crippen LogP contribution in [0.4, 0.5) is 0 Å². The lowest BCUT2D eigenvalue weighted by Gasteiger charge is -2.25. The van der Waals surface area contributed by atoms with Gasteiger partial charge in [-0.3, -0.25) is 9.69 Å². The second kappa shape index (κ2) is 9.68. The molecule has 0 heterocycles. The molecule has 2 aromatic carbocycles. The van der Waals surface area contributed by atoms with E-state index in [0.29, 0.717) is 6.54 Å². The first-order valence-corrected chi connectivity index (χ1v) is 8.23. The van der Waals surface area contributed by atoms with Crippen LogP contribution in [0.3, 0.4) is 0 Å². The first-order valence-electron chi connectivity index (χ1n) is 8.23. The Labute approximate surface area is 144 Å². The van der Waals surface area contributed by atoms with Crippen molar-refractivity contribution in [2.45, 2.75) is 20.0 Å². The molecule has 2 rings (SSSR count). The third kappa shape index (κ3) is 5.67. The van der Waals surface area contributed by atoms with Crippen LogP contribution in [0.25, 0.3) is 0 Å². The standard InChI is InChI=1S/C21H25NO2/c1-3-10-20(21(23)24-2)17-22(15-18-11-6-4-7-12-18)16-19-13-8-5-9-14-19/h3-14,20H,15-17H2,1-2H3/b10-3+/t20-/m0/s1. The number of benzene rings is 2. The molecule has 1 atom stereocenters. The molecule has 0 aliphatic carbocycles. The van der Waals surface area contributed by atoms with Crippen LogP contribution in [0.15, 0.2) is 72.8 Å².